The SMILES string of the molecule is CC(C)n1cccc1C(=O)N1CCCCC[C@@H]1c1ncon1. The van der Waals surface area contributed by atoms with Gasteiger partial charge in [0, 0.05) is 18.8 Å². The summed E-state index contributed by atoms with van der Waals surface area (Å²) in [6.45, 7) is 4.90. The lowest BCUT2D eigenvalue weighted by molar-refractivity contribution is 0.0657. The zero-order valence-electron chi connectivity index (χ0n) is 13.1. The highest BCUT2D eigenvalue weighted by Crippen LogP contribution is 2.29. The molecule has 2 aromatic heterocycles. The molecule has 0 radical (unpaired) electrons. The molecule has 6 nitrogen and oxygen atoms in total. The van der Waals surface area contributed by atoms with Gasteiger partial charge in [-0.25, -0.2) is 0 Å². The second-order valence-electron chi connectivity index (χ2n) is 6.05. The molecule has 118 valence electrons. The summed E-state index contributed by atoms with van der Waals surface area (Å²) in [5, 5.41) is 3.97. The predicted molar refractivity (Wildman–Crippen MR) is 81.4 cm³/mol. The molecule has 1 aliphatic rings. The second-order valence-corrected chi connectivity index (χ2v) is 6.05. The summed E-state index contributed by atoms with van der Waals surface area (Å²) in [6, 6.07) is 3.98. The van der Waals surface area contributed by atoms with Crippen molar-refractivity contribution in [2.75, 3.05) is 6.54 Å². The molecule has 2 aromatic rings. The number of hydrogen-bond donors (Lipinski definition) is 0. The van der Waals surface area contributed by atoms with Crippen LogP contribution in [0.5, 0.6) is 0 Å². The molecule has 0 unspecified atom stereocenters. The molecular formula is C16H22N4O2. The van der Waals surface area contributed by atoms with Crippen LogP contribution < -0.4 is 0 Å². The van der Waals surface area contributed by atoms with Crippen LogP contribution >= 0.6 is 0 Å². The van der Waals surface area contributed by atoms with Crippen molar-refractivity contribution in [1.29, 1.82) is 0 Å². The molecule has 0 aromatic carbocycles. The molecule has 6 heteroatoms. The molecule has 0 aliphatic carbocycles. The van der Waals surface area contributed by atoms with E-state index in [2.05, 4.69) is 24.0 Å². The normalized spacial score (nSPS) is 19.4. The monoisotopic (exact) mass is 302 g/mol. The molecule has 0 bridgehead atoms. The van der Waals surface area contributed by atoms with Gasteiger partial charge in [0.1, 0.15) is 5.69 Å². The van der Waals surface area contributed by atoms with Gasteiger partial charge in [-0.1, -0.05) is 18.0 Å². The van der Waals surface area contributed by atoms with E-state index in [4.69, 9.17) is 4.52 Å². The van der Waals surface area contributed by atoms with Gasteiger partial charge in [0.25, 0.3) is 5.91 Å². The molecule has 0 saturated carbocycles. The number of aromatic nitrogens is 3. The maximum Gasteiger partial charge on any atom is 0.271 e. The largest absolute Gasteiger partial charge is 0.343 e. The van der Waals surface area contributed by atoms with Gasteiger partial charge in [0.15, 0.2) is 5.82 Å². The minimum atomic E-state index is -0.0933. The molecule has 22 heavy (non-hydrogen) atoms. The number of carbonyl (C=O) groups excluding carboxylic acids is 1. The van der Waals surface area contributed by atoms with E-state index in [-0.39, 0.29) is 18.0 Å². The van der Waals surface area contributed by atoms with Gasteiger partial charge in [-0.05, 0) is 38.8 Å². The van der Waals surface area contributed by atoms with Crippen molar-refractivity contribution in [2.45, 2.75) is 51.6 Å². The van der Waals surface area contributed by atoms with Crippen molar-refractivity contribution in [3.63, 3.8) is 0 Å². The van der Waals surface area contributed by atoms with Crippen LogP contribution in [-0.4, -0.2) is 32.1 Å². The standard InChI is InChI=1S/C16H22N4O2/c1-12(2)19-10-6-8-14(19)16(21)20-9-5-3-4-7-13(20)15-17-11-22-18-15/h6,8,10-13H,3-5,7,9H2,1-2H3/t13-/m1/s1. The average molecular weight is 302 g/mol. The lowest BCUT2D eigenvalue weighted by Crippen LogP contribution is -2.36. The van der Waals surface area contributed by atoms with Crippen molar-refractivity contribution in [2.24, 2.45) is 0 Å². The predicted octanol–water partition coefficient (Wildman–Crippen LogP) is 3.21. The smallest absolute Gasteiger partial charge is 0.271 e. The Morgan fingerprint density at radius 1 is 1.36 bits per heavy atom. The van der Waals surface area contributed by atoms with Gasteiger partial charge in [0.2, 0.25) is 6.39 Å². The summed E-state index contributed by atoms with van der Waals surface area (Å²) < 4.78 is 6.90. The summed E-state index contributed by atoms with van der Waals surface area (Å²) in [6.07, 6.45) is 7.40. The first-order chi connectivity index (χ1) is 10.7. The number of likely N-dealkylation sites (tertiary alicyclic amines) is 1. The summed E-state index contributed by atoms with van der Waals surface area (Å²) in [5.74, 6) is 0.660. The van der Waals surface area contributed by atoms with Crippen LogP contribution in [0.1, 0.15) is 67.9 Å². The molecule has 0 spiro atoms. The zero-order chi connectivity index (χ0) is 15.5. The van der Waals surface area contributed by atoms with Crippen LogP contribution in [0.3, 0.4) is 0 Å². The van der Waals surface area contributed by atoms with Crippen molar-refractivity contribution in [1.82, 2.24) is 19.6 Å². The molecule has 1 saturated heterocycles. The molecule has 1 atom stereocenters. The van der Waals surface area contributed by atoms with Gasteiger partial charge in [-0.15, -0.1) is 0 Å². The van der Waals surface area contributed by atoms with E-state index in [1.54, 1.807) is 0 Å². The highest BCUT2D eigenvalue weighted by Gasteiger charge is 2.31. The third kappa shape index (κ3) is 2.77. The van der Waals surface area contributed by atoms with Crippen LogP contribution in [0.25, 0.3) is 0 Å². The van der Waals surface area contributed by atoms with Gasteiger partial charge < -0.3 is 14.0 Å². The lowest BCUT2D eigenvalue weighted by atomic mass is 10.1. The van der Waals surface area contributed by atoms with E-state index in [0.29, 0.717) is 5.82 Å². The Kier molecular flexibility index (Phi) is 4.27. The summed E-state index contributed by atoms with van der Waals surface area (Å²) in [4.78, 5) is 19.1. The number of nitrogens with zero attached hydrogens (tertiary/aromatic N) is 4. The van der Waals surface area contributed by atoms with Gasteiger partial charge in [0.05, 0.1) is 6.04 Å². The maximum atomic E-state index is 13.1. The Bertz CT molecular complexity index is 618. The van der Waals surface area contributed by atoms with E-state index < -0.39 is 0 Å². The third-order valence-electron chi connectivity index (χ3n) is 4.24. The molecule has 3 rings (SSSR count). The molecule has 1 amide bonds. The molecule has 0 N–H and O–H groups in total. The first-order valence-electron chi connectivity index (χ1n) is 7.92. The minimum absolute atomic E-state index is 0.0513. The first-order valence-corrected chi connectivity index (χ1v) is 7.92. The van der Waals surface area contributed by atoms with Gasteiger partial charge in [-0.2, -0.15) is 4.98 Å². The number of carbonyl (C=O) groups is 1. The lowest BCUT2D eigenvalue weighted by Gasteiger charge is -2.28. The van der Waals surface area contributed by atoms with E-state index in [0.717, 1.165) is 37.9 Å². The fraction of sp³-hybridized carbons (Fsp3) is 0.562. The molecular weight excluding hydrogens is 280 g/mol. The van der Waals surface area contributed by atoms with Crippen LogP contribution in [0, 0.1) is 0 Å². The minimum Gasteiger partial charge on any atom is -0.343 e. The third-order valence-corrected chi connectivity index (χ3v) is 4.24. The maximum absolute atomic E-state index is 13.1. The highest BCUT2D eigenvalue weighted by atomic mass is 16.5. The quantitative estimate of drug-likeness (QED) is 0.873. The van der Waals surface area contributed by atoms with E-state index >= 15 is 0 Å². The highest BCUT2D eigenvalue weighted by molar-refractivity contribution is 5.93. The van der Waals surface area contributed by atoms with E-state index in [9.17, 15) is 4.79 Å². The number of hydrogen-bond acceptors (Lipinski definition) is 4. The van der Waals surface area contributed by atoms with Gasteiger partial charge >= 0.3 is 0 Å². The van der Waals surface area contributed by atoms with Crippen molar-refractivity contribution in [3.8, 4) is 0 Å². The second kappa shape index (κ2) is 6.34. The molecule has 1 aliphatic heterocycles. The first kappa shape index (κ1) is 14.8. The van der Waals surface area contributed by atoms with Crippen LogP contribution in [-0.2, 0) is 0 Å². The zero-order valence-corrected chi connectivity index (χ0v) is 13.1. The molecule has 3 heterocycles. The van der Waals surface area contributed by atoms with E-state index in [1.807, 2.05) is 27.8 Å². The fourth-order valence-corrected chi connectivity index (χ4v) is 3.12. The van der Waals surface area contributed by atoms with Crippen LogP contribution in [0.2, 0.25) is 0 Å². The Morgan fingerprint density at radius 3 is 2.95 bits per heavy atom. The van der Waals surface area contributed by atoms with Gasteiger partial charge in [-0.3, -0.25) is 4.79 Å². The average Bonchev–Trinajstić information content (AvgIpc) is 3.14. The van der Waals surface area contributed by atoms with Crippen molar-refractivity contribution in [3.05, 3.63) is 36.2 Å². The van der Waals surface area contributed by atoms with Crippen LogP contribution in [0.15, 0.2) is 29.2 Å². The Labute approximate surface area is 130 Å². The van der Waals surface area contributed by atoms with Crippen molar-refractivity contribution >= 4 is 5.91 Å². The Hall–Kier alpha value is -2.11. The topological polar surface area (TPSA) is 64.2 Å². The van der Waals surface area contributed by atoms with Crippen LogP contribution in [0.4, 0.5) is 0 Å². The fourth-order valence-electron chi connectivity index (χ4n) is 3.12. The summed E-state index contributed by atoms with van der Waals surface area (Å²) >= 11 is 0. The Morgan fingerprint density at radius 2 is 2.23 bits per heavy atom. The number of rotatable bonds is 3. The number of amides is 1. The Balaban J connectivity index is 1.92. The van der Waals surface area contributed by atoms with Crippen molar-refractivity contribution < 1.29 is 9.32 Å². The summed E-state index contributed by atoms with van der Waals surface area (Å²) in [5.41, 5.74) is 0.727. The summed E-state index contributed by atoms with van der Waals surface area (Å²) in [7, 11) is 0. The molecule has 1 fully saturated rings. The van der Waals surface area contributed by atoms with E-state index in [1.165, 1.54) is 6.39 Å².